The van der Waals surface area contributed by atoms with Gasteiger partial charge in [0.05, 0.1) is 11.3 Å². The molecule has 0 saturated heterocycles. The minimum Gasteiger partial charge on any atom is -0.508 e. The van der Waals surface area contributed by atoms with Crippen LogP contribution in [0.2, 0.25) is 0 Å². The molecule has 132 valence electrons. The number of aromatic hydroxyl groups is 1. The van der Waals surface area contributed by atoms with Crippen LogP contribution in [0.1, 0.15) is 10.4 Å². The van der Waals surface area contributed by atoms with Crippen molar-refractivity contribution >= 4 is 11.6 Å². The van der Waals surface area contributed by atoms with Gasteiger partial charge in [-0.15, -0.1) is 0 Å². The predicted molar refractivity (Wildman–Crippen MR) is 103 cm³/mol. The second-order valence-corrected chi connectivity index (χ2v) is 5.92. The maximum atomic E-state index is 12.9. The number of amides is 1. The van der Waals surface area contributed by atoms with Gasteiger partial charge >= 0.3 is 0 Å². The highest BCUT2D eigenvalue weighted by molar-refractivity contribution is 6.08. The molecule has 6 heteroatoms. The van der Waals surface area contributed by atoms with Crippen LogP contribution in [0.3, 0.4) is 0 Å². The zero-order chi connectivity index (χ0) is 18.6. The number of aromatic nitrogens is 3. The third-order valence-electron chi connectivity index (χ3n) is 4.02. The molecule has 2 N–H and O–H groups in total. The summed E-state index contributed by atoms with van der Waals surface area (Å²) in [6.07, 6.45) is 5.03. The SMILES string of the molecule is O=C(Nc1cccc(O)c1)c1cn(-c2ccccc2)nc1-c1cccnc1. The summed E-state index contributed by atoms with van der Waals surface area (Å²) in [6, 6.07) is 19.6. The maximum absolute atomic E-state index is 12.9. The first kappa shape index (κ1) is 16.5. The summed E-state index contributed by atoms with van der Waals surface area (Å²) in [6.45, 7) is 0. The van der Waals surface area contributed by atoms with Crippen LogP contribution in [0.25, 0.3) is 16.9 Å². The number of nitrogens with zero attached hydrogens (tertiary/aromatic N) is 3. The predicted octanol–water partition coefficient (Wildman–Crippen LogP) is 3.89. The number of anilines is 1. The summed E-state index contributed by atoms with van der Waals surface area (Å²) in [5.41, 5.74) is 3.04. The molecule has 0 aliphatic rings. The Labute approximate surface area is 155 Å². The van der Waals surface area contributed by atoms with E-state index < -0.39 is 0 Å². The van der Waals surface area contributed by atoms with Crippen molar-refractivity contribution in [2.45, 2.75) is 0 Å². The van der Waals surface area contributed by atoms with Gasteiger partial charge in [0.2, 0.25) is 0 Å². The van der Waals surface area contributed by atoms with Crippen LogP contribution in [0, 0.1) is 0 Å². The minimum absolute atomic E-state index is 0.0836. The van der Waals surface area contributed by atoms with E-state index in [-0.39, 0.29) is 11.7 Å². The molecule has 2 aromatic carbocycles. The number of phenols is 1. The van der Waals surface area contributed by atoms with E-state index in [0.29, 0.717) is 16.9 Å². The molecule has 1 amide bonds. The molecular weight excluding hydrogens is 340 g/mol. The van der Waals surface area contributed by atoms with Crippen molar-refractivity contribution in [2.75, 3.05) is 5.32 Å². The number of carbonyl (C=O) groups excluding carboxylic acids is 1. The molecule has 0 unspecified atom stereocenters. The van der Waals surface area contributed by atoms with Crippen LogP contribution < -0.4 is 5.32 Å². The highest BCUT2D eigenvalue weighted by Gasteiger charge is 2.19. The fraction of sp³-hybridized carbons (Fsp3) is 0. The molecule has 6 nitrogen and oxygen atoms in total. The monoisotopic (exact) mass is 356 g/mol. The second kappa shape index (κ2) is 7.13. The standard InChI is InChI=1S/C21H16N4O2/c26-18-10-4-7-16(12-18)23-21(27)19-14-25(17-8-2-1-3-9-17)24-20(19)15-6-5-11-22-13-15/h1-14,26H,(H,23,27). The molecule has 0 atom stereocenters. The first-order valence-electron chi connectivity index (χ1n) is 8.36. The van der Waals surface area contributed by atoms with E-state index in [4.69, 9.17) is 0 Å². The van der Waals surface area contributed by atoms with Crippen molar-refractivity contribution in [3.63, 3.8) is 0 Å². The molecule has 4 rings (SSSR count). The number of carbonyl (C=O) groups is 1. The third-order valence-corrected chi connectivity index (χ3v) is 4.02. The summed E-state index contributed by atoms with van der Waals surface area (Å²) in [5.74, 6) is -0.234. The first-order valence-corrected chi connectivity index (χ1v) is 8.36. The molecule has 0 spiro atoms. The van der Waals surface area contributed by atoms with Gasteiger partial charge in [-0.2, -0.15) is 5.10 Å². The third kappa shape index (κ3) is 3.55. The molecule has 0 aliphatic heterocycles. The molecule has 2 aromatic heterocycles. The van der Waals surface area contributed by atoms with Gasteiger partial charge in [-0.25, -0.2) is 4.68 Å². The number of hydrogen-bond acceptors (Lipinski definition) is 4. The zero-order valence-electron chi connectivity index (χ0n) is 14.3. The van der Waals surface area contributed by atoms with E-state index in [1.165, 1.54) is 6.07 Å². The number of phenolic OH excluding ortho intramolecular Hbond substituents is 1. The Morgan fingerprint density at radius 2 is 1.85 bits per heavy atom. The van der Waals surface area contributed by atoms with Gasteiger partial charge in [-0.1, -0.05) is 24.3 Å². The zero-order valence-corrected chi connectivity index (χ0v) is 14.3. The van der Waals surface area contributed by atoms with Crippen LogP contribution in [-0.2, 0) is 0 Å². The van der Waals surface area contributed by atoms with E-state index in [1.807, 2.05) is 36.4 Å². The number of para-hydroxylation sites is 1. The summed E-state index contributed by atoms with van der Waals surface area (Å²) < 4.78 is 1.67. The molecule has 0 radical (unpaired) electrons. The van der Waals surface area contributed by atoms with Crippen LogP contribution in [0.5, 0.6) is 5.75 Å². The average Bonchev–Trinajstić information content (AvgIpc) is 3.15. The lowest BCUT2D eigenvalue weighted by atomic mass is 10.1. The smallest absolute Gasteiger partial charge is 0.259 e. The molecule has 4 aromatic rings. The van der Waals surface area contributed by atoms with Crippen LogP contribution in [0.15, 0.2) is 85.3 Å². The van der Waals surface area contributed by atoms with Gasteiger partial charge in [0, 0.05) is 35.9 Å². The maximum Gasteiger partial charge on any atom is 0.259 e. The Morgan fingerprint density at radius 1 is 1.00 bits per heavy atom. The Bertz CT molecular complexity index is 1080. The van der Waals surface area contributed by atoms with E-state index in [2.05, 4.69) is 15.4 Å². The first-order chi connectivity index (χ1) is 13.2. The van der Waals surface area contributed by atoms with E-state index in [0.717, 1.165) is 11.3 Å². The van der Waals surface area contributed by atoms with E-state index in [9.17, 15) is 9.90 Å². The summed E-state index contributed by atoms with van der Waals surface area (Å²) in [5, 5.41) is 17.0. The fourth-order valence-corrected chi connectivity index (χ4v) is 2.75. The highest BCUT2D eigenvalue weighted by atomic mass is 16.3. The van der Waals surface area contributed by atoms with Crippen molar-refractivity contribution in [1.82, 2.24) is 14.8 Å². The van der Waals surface area contributed by atoms with Gasteiger partial charge in [-0.3, -0.25) is 9.78 Å². The molecule has 0 aliphatic carbocycles. The van der Waals surface area contributed by atoms with E-state index >= 15 is 0 Å². The number of pyridine rings is 1. The molecule has 0 bridgehead atoms. The van der Waals surface area contributed by atoms with Crippen molar-refractivity contribution in [1.29, 1.82) is 0 Å². The Kier molecular flexibility index (Phi) is 4.37. The Hall–Kier alpha value is -3.93. The Balaban J connectivity index is 1.76. The molecule has 2 heterocycles. The molecular formula is C21H16N4O2. The summed E-state index contributed by atoms with van der Waals surface area (Å²) in [4.78, 5) is 17.0. The van der Waals surface area contributed by atoms with Crippen molar-refractivity contribution < 1.29 is 9.90 Å². The number of nitrogens with one attached hydrogen (secondary N) is 1. The van der Waals surface area contributed by atoms with Crippen LogP contribution >= 0.6 is 0 Å². The summed E-state index contributed by atoms with van der Waals surface area (Å²) >= 11 is 0. The number of benzene rings is 2. The quantitative estimate of drug-likeness (QED) is 0.581. The van der Waals surface area contributed by atoms with E-state index in [1.54, 1.807) is 47.5 Å². The second-order valence-electron chi connectivity index (χ2n) is 5.92. The normalized spacial score (nSPS) is 10.5. The lowest BCUT2D eigenvalue weighted by Gasteiger charge is -2.05. The molecule has 0 fully saturated rings. The largest absolute Gasteiger partial charge is 0.508 e. The lowest BCUT2D eigenvalue weighted by Crippen LogP contribution is -2.12. The van der Waals surface area contributed by atoms with Gasteiger partial charge in [0.15, 0.2) is 0 Å². The van der Waals surface area contributed by atoms with Crippen LogP contribution in [-0.4, -0.2) is 25.8 Å². The minimum atomic E-state index is -0.318. The lowest BCUT2D eigenvalue weighted by molar-refractivity contribution is 0.102. The Morgan fingerprint density at radius 3 is 2.59 bits per heavy atom. The topological polar surface area (TPSA) is 80.0 Å². The number of rotatable bonds is 4. The highest BCUT2D eigenvalue weighted by Crippen LogP contribution is 2.24. The van der Waals surface area contributed by atoms with Gasteiger partial charge < -0.3 is 10.4 Å². The summed E-state index contributed by atoms with van der Waals surface area (Å²) in [7, 11) is 0. The fourth-order valence-electron chi connectivity index (χ4n) is 2.75. The van der Waals surface area contributed by atoms with Crippen molar-refractivity contribution in [3.05, 3.63) is 90.9 Å². The van der Waals surface area contributed by atoms with Crippen molar-refractivity contribution in [3.8, 4) is 22.7 Å². The van der Waals surface area contributed by atoms with Gasteiger partial charge in [0.1, 0.15) is 11.4 Å². The van der Waals surface area contributed by atoms with Crippen molar-refractivity contribution in [2.24, 2.45) is 0 Å². The molecule has 0 saturated carbocycles. The molecule has 27 heavy (non-hydrogen) atoms. The van der Waals surface area contributed by atoms with Crippen LogP contribution in [0.4, 0.5) is 5.69 Å². The average molecular weight is 356 g/mol. The number of hydrogen-bond donors (Lipinski definition) is 2. The van der Waals surface area contributed by atoms with Gasteiger partial charge in [0.25, 0.3) is 5.91 Å². The van der Waals surface area contributed by atoms with Gasteiger partial charge in [-0.05, 0) is 36.4 Å².